The number of hydrazone groups is 1. The van der Waals surface area contributed by atoms with Crippen LogP contribution in [-0.2, 0) is 0 Å². The first kappa shape index (κ1) is 18.8. The Balaban J connectivity index is 2.16. The maximum Gasteiger partial charge on any atom is 0.271 e. The zero-order chi connectivity index (χ0) is 17.7. The van der Waals surface area contributed by atoms with E-state index in [-0.39, 0.29) is 11.7 Å². The van der Waals surface area contributed by atoms with Crippen molar-refractivity contribution in [1.29, 1.82) is 0 Å². The van der Waals surface area contributed by atoms with Gasteiger partial charge in [-0.25, -0.2) is 5.43 Å². The summed E-state index contributed by atoms with van der Waals surface area (Å²) in [5.74, 6) is -0.0500. The van der Waals surface area contributed by atoms with Crippen LogP contribution in [0.2, 0.25) is 5.02 Å². The number of hydrogen-bond donors (Lipinski definition) is 2. The fraction of sp³-hybridized carbons (Fsp3) is 0.125. The molecule has 2 aromatic carbocycles. The van der Waals surface area contributed by atoms with E-state index in [1.807, 2.05) is 6.92 Å². The molecule has 0 unspecified atom stereocenters. The van der Waals surface area contributed by atoms with E-state index in [0.29, 0.717) is 37.5 Å². The Kier molecular flexibility index (Phi) is 6.65. The zero-order valence-corrected chi connectivity index (χ0v) is 16.4. The Labute approximate surface area is 160 Å². The highest BCUT2D eigenvalue weighted by atomic mass is 79.9. The number of carbonyl (C=O) groups excluding carboxylic acids is 1. The number of ether oxygens (including phenoxy) is 1. The van der Waals surface area contributed by atoms with Gasteiger partial charge < -0.3 is 9.84 Å². The Hall–Kier alpha value is -1.57. The third kappa shape index (κ3) is 4.49. The molecule has 0 atom stereocenters. The molecule has 126 valence electrons. The van der Waals surface area contributed by atoms with E-state index in [1.165, 1.54) is 6.21 Å². The Morgan fingerprint density at radius 2 is 2.00 bits per heavy atom. The lowest BCUT2D eigenvalue weighted by Crippen LogP contribution is -2.17. The monoisotopic (exact) mass is 474 g/mol. The van der Waals surface area contributed by atoms with Crippen molar-refractivity contribution in [2.45, 2.75) is 6.92 Å². The van der Waals surface area contributed by atoms with E-state index in [0.717, 1.165) is 0 Å². The van der Waals surface area contributed by atoms with Crippen molar-refractivity contribution in [2.24, 2.45) is 5.10 Å². The molecule has 2 rings (SSSR count). The average Bonchev–Trinajstić information content (AvgIpc) is 2.57. The maximum atomic E-state index is 12.0. The van der Waals surface area contributed by atoms with Crippen molar-refractivity contribution < 1.29 is 14.6 Å². The molecule has 0 aromatic heterocycles. The second-order valence-corrected chi connectivity index (χ2v) is 6.60. The molecule has 0 aliphatic heterocycles. The minimum Gasteiger partial charge on any atom is -0.503 e. The molecule has 0 aliphatic rings. The van der Waals surface area contributed by atoms with E-state index in [4.69, 9.17) is 16.3 Å². The van der Waals surface area contributed by atoms with Gasteiger partial charge in [-0.2, -0.15) is 5.10 Å². The van der Waals surface area contributed by atoms with Gasteiger partial charge in [-0.15, -0.1) is 0 Å². The number of nitrogens with one attached hydrogen (secondary N) is 1. The van der Waals surface area contributed by atoms with E-state index >= 15 is 0 Å². The van der Waals surface area contributed by atoms with E-state index < -0.39 is 0 Å². The van der Waals surface area contributed by atoms with Crippen molar-refractivity contribution in [3.63, 3.8) is 0 Å². The van der Waals surface area contributed by atoms with Crippen molar-refractivity contribution in [3.8, 4) is 11.5 Å². The summed E-state index contributed by atoms with van der Waals surface area (Å²) in [6, 6.07) is 8.08. The van der Waals surface area contributed by atoms with Gasteiger partial charge in [-0.3, -0.25) is 4.79 Å². The number of phenols is 1. The van der Waals surface area contributed by atoms with Gasteiger partial charge in [0.1, 0.15) is 0 Å². The van der Waals surface area contributed by atoms with E-state index in [1.54, 1.807) is 30.3 Å². The van der Waals surface area contributed by atoms with Crippen LogP contribution in [0.15, 0.2) is 44.4 Å². The predicted octanol–water partition coefficient (Wildman–Crippen LogP) is 4.73. The molecular formula is C16H13Br2ClN2O3. The van der Waals surface area contributed by atoms with Gasteiger partial charge in [0.25, 0.3) is 5.91 Å². The molecule has 0 saturated heterocycles. The van der Waals surface area contributed by atoms with Crippen LogP contribution in [0.4, 0.5) is 0 Å². The lowest BCUT2D eigenvalue weighted by Gasteiger charge is -2.10. The standard InChI is InChI=1S/C16H13Br2ClN2O3/c1-2-24-12-7-10(13(17)14(18)15(12)22)8-20-21-16(23)9-3-5-11(19)6-4-9/h3-8,22H,2H2,1H3,(H,21,23)/b20-8+. The molecule has 0 aliphatic carbocycles. The fourth-order valence-corrected chi connectivity index (χ4v) is 2.75. The van der Waals surface area contributed by atoms with Gasteiger partial charge in [0.15, 0.2) is 11.5 Å². The summed E-state index contributed by atoms with van der Waals surface area (Å²) < 4.78 is 6.39. The molecule has 2 aromatic rings. The number of halogens is 3. The molecule has 0 saturated carbocycles. The lowest BCUT2D eigenvalue weighted by molar-refractivity contribution is 0.0955. The molecule has 1 amide bonds. The third-order valence-corrected chi connectivity index (χ3v) is 5.36. The number of nitrogens with zero attached hydrogens (tertiary/aromatic N) is 1. The second kappa shape index (κ2) is 8.50. The van der Waals surface area contributed by atoms with Crippen molar-refractivity contribution >= 4 is 55.6 Å². The molecule has 5 nitrogen and oxygen atoms in total. The van der Waals surface area contributed by atoms with Crippen LogP contribution in [0.1, 0.15) is 22.8 Å². The van der Waals surface area contributed by atoms with Gasteiger partial charge in [-0.1, -0.05) is 11.6 Å². The molecule has 0 radical (unpaired) electrons. The number of rotatable bonds is 5. The topological polar surface area (TPSA) is 70.9 Å². The average molecular weight is 477 g/mol. The van der Waals surface area contributed by atoms with Gasteiger partial charge in [-0.05, 0) is 69.1 Å². The molecule has 0 heterocycles. The fourth-order valence-electron chi connectivity index (χ4n) is 1.80. The van der Waals surface area contributed by atoms with Crippen molar-refractivity contribution in [1.82, 2.24) is 5.43 Å². The summed E-state index contributed by atoms with van der Waals surface area (Å²) in [7, 11) is 0. The minimum atomic E-state index is -0.359. The molecular weight excluding hydrogens is 463 g/mol. The van der Waals surface area contributed by atoms with Crippen LogP contribution < -0.4 is 10.2 Å². The second-order valence-electron chi connectivity index (χ2n) is 4.58. The smallest absolute Gasteiger partial charge is 0.271 e. The van der Waals surface area contributed by atoms with Crippen LogP contribution in [0.5, 0.6) is 11.5 Å². The van der Waals surface area contributed by atoms with Crippen LogP contribution in [-0.4, -0.2) is 23.8 Å². The number of aromatic hydroxyl groups is 1. The van der Waals surface area contributed by atoms with E-state index in [9.17, 15) is 9.90 Å². The Morgan fingerprint density at radius 1 is 1.33 bits per heavy atom. The van der Waals surface area contributed by atoms with Crippen molar-refractivity contribution in [2.75, 3.05) is 6.61 Å². The third-order valence-electron chi connectivity index (χ3n) is 2.95. The highest BCUT2D eigenvalue weighted by molar-refractivity contribution is 9.13. The first-order chi connectivity index (χ1) is 11.4. The lowest BCUT2D eigenvalue weighted by atomic mass is 10.2. The molecule has 24 heavy (non-hydrogen) atoms. The van der Waals surface area contributed by atoms with Crippen LogP contribution in [0.25, 0.3) is 0 Å². The SMILES string of the molecule is CCOc1cc(/C=N/NC(=O)c2ccc(Cl)cc2)c(Br)c(Br)c1O. The number of hydrogen-bond acceptors (Lipinski definition) is 4. The zero-order valence-electron chi connectivity index (χ0n) is 12.5. The first-order valence-electron chi connectivity index (χ1n) is 6.86. The molecule has 0 fully saturated rings. The maximum absolute atomic E-state index is 12.0. The number of carbonyl (C=O) groups is 1. The van der Waals surface area contributed by atoms with Crippen LogP contribution >= 0.6 is 43.5 Å². The highest BCUT2D eigenvalue weighted by Gasteiger charge is 2.14. The Bertz CT molecular complexity index is 780. The summed E-state index contributed by atoms with van der Waals surface area (Å²) >= 11 is 12.4. The number of phenolic OH excluding ortho intramolecular Hbond substituents is 1. The van der Waals surface area contributed by atoms with Crippen molar-refractivity contribution in [3.05, 3.63) is 55.4 Å². The predicted molar refractivity (Wildman–Crippen MR) is 101 cm³/mol. The normalized spacial score (nSPS) is 10.8. The van der Waals surface area contributed by atoms with Gasteiger partial charge in [0, 0.05) is 20.6 Å². The summed E-state index contributed by atoms with van der Waals surface area (Å²) in [6.45, 7) is 2.22. The Morgan fingerprint density at radius 3 is 2.62 bits per heavy atom. The van der Waals surface area contributed by atoms with E-state index in [2.05, 4.69) is 42.4 Å². The summed E-state index contributed by atoms with van der Waals surface area (Å²) in [5, 5.41) is 14.5. The largest absolute Gasteiger partial charge is 0.503 e. The summed E-state index contributed by atoms with van der Waals surface area (Å²) in [4.78, 5) is 12.0. The molecule has 2 N–H and O–H groups in total. The van der Waals surface area contributed by atoms with Gasteiger partial charge in [0.05, 0.1) is 17.3 Å². The minimum absolute atomic E-state index is 0.00826. The molecule has 0 spiro atoms. The number of benzene rings is 2. The van der Waals surface area contributed by atoms with Crippen LogP contribution in [0.3, 0.4) is 0 Å². The first-order valence-corrected chi connectivity index (χ1v) is 8.83. The molecule has 8 heteroatoms. The van der Waals surface area contributed by atoms with Crippen LogP contribution in [0, 0.1) is 0 Å². The summed E-state index contributed by atoms with van der Waals surface area (Å²) in [6.07, 6.45) is 1.45. The number of amides is 1. The molecule has 0 bridgehead atoms. The quantitative estimate of drug-likeness (QED) is 0.484. The summed E-state index contributed by atoms with van der Waals surface area (Å²) in [5.41, 5.74) is 3.49. The van der Waals surface area contributed by atoms with Gasteiger partial charge in [0.2, 0.25) is 0 Å². The van der Waals surface area contributed by atoms with Gasteiger partial charge >= 0.3 is 0 Å². The highest BCUT2D eigenvalue weighted by Crippen LogP contribution is 2.41.